The van der Waals surface area contributed by atoms with Gasteiger partial charge in [0.05, 0.1) is 12.3 Å². The van der Waals surface area contributed by atoms with E-state index in [0.717, 1.165) is 16.3 Å². The van der Waals surface area contributed by atoms with Crippen molar-refractivity contribution in [3.63, 3.8) is 0 Å². The van der Waals surface area contributed by atoms with Gasteiger partial charge < -0.3 is 19.1 Å². The zero-order chi connectivity index (χ0) is 22.7. The summed E-state index contributed by atoms with van der Waals surface area (Å²) in [6.45, 7) is 1.20. The molecule has 0 spiro atoms. The summed E-state index contributed by atoms with van der Waals surface area (Å²) in [5.74, 6) is 1.05. The first-order chi connectivity index (χ1) is 15.3. The van der Waals surface area contributed by atoms with Crippen molar-refractivity contribution in [2.75, 3.05) is 27.1 Å². The van der Waals surface area contributed by atoms with Gasteiger partial charge >= 0.3 is 6.18 Å². The van der Waals surface area contributed by atoms with E-state index in [-0.39, 0.29) is 12.7 Å². The van der Waals surface area contributed by atoms with E-state index in [1.807, 2.05) is 12.1 Å². The fourth-order valence-electron chi connectivity index (χ4n) is 3.27. The van der Waals surface area contributed by atoms with Gasteiger partial charge in [-0.15, -0.1) is 0 Å². The van der Waals surface area contributed by atoms with Crippen molar-refractivity contribution >= 4 is 5.91 Å². The van der Waals surface area contributed by atoms with Crippen molar-refractivity contribution in [2.24, 2.45) is 0 Å². The van der Waals surface area contributed by atoms with Gasteiger partial charge in [-0.1, -0.05) is 6.07 Å². The largest absolute Gasteiger partial charge is 0.454 e. The van der Waals surface area contributed by atoms with Gasteiger partial charge in [0, 0.05) is 32.0 Å². The second-order valence-electron chi connectivity index (χ2n) is 7.10. The first-order valence-corrected chi connectivity index (χ1v) is 9.75. The molecule has 2 aromatic carbocycles. The van der Waals surface area contributed by atoms with Gasteiger partial charge in [0.2, 0.25) is 6.79 Å². The Kier molecular flexibility index (Phi) is 6.04. The summed E-state index contributed by atoms with van der Waals surface area (Å²) >= 11 is 0. The SMILES string of the molecule is COCCN(Cc1ccc2c(c1)OCO2)C(=O)c1ccc(-n2ccc(C(F)(F)F)n2)cc1. The van der Waals surface area contributed by atoms with Gasteiger partial charge in [0.25, 0.3) is 5.91 Å². The lowest BCUT2D eigenvalue weighted by molar-refractivity contribution is -0.141. The van der Waals surface area contributed by atoms with Crippen LogP contribution >= 0.6 is 0 Å². The molecule has 0 aliphatic carbocycles. The third kappa shape index (κ3) is 4.70. The smallest absolute Gasteiger partial charge is 0.435 e. The number of hydrogen-bond acceptors (Lipinski definition) is 5. The van der Waals surface area contributed by atoms with E-state index in [1.54, 1.807) is 42.3 Å². The fraction of sp³-hybridized carbons (Fsp3) is 0.273. The molecule has 1 aliphatic rings. The summed E-state index contributed by atoms with van der Waals surface area (Å²) < 4.78 is 55.3. The van der Waals surface area contributed by atoms with Crippen molar-refractivity contribution < 1.29 is 32.2 Å². The van der Waals surface area contributed by atoms with Crippen molar-refractivity contribution in [2.45, 2.75) is 12.7 Å². The number of rotatable bonds is 7. The number of carbonyl (C=O) groups is 1. The quantitative estimate of drug-likeness (QED) is 0.550. The van der Waals surface area contributed by atoms with Crippen LogP contribution in [-0.4, -0.2) is 47.6 Å². The molecule has 0 saturated heterocycles. The third-order valence-corrected chi connectivity index (χ3v) is 4.92. The molecule has 10 heteroatoms. The van der Waals surface area contributed by atoms with E-state index in [1.165, 1.54) is 6.20 Å². The molecule has 0 fully saturated rings. The van der Waals surface area contributed by atoms with Crippen LogP contribution in [0.15, 0.2) is 54.7 Å². The average molecular weight is 447 g/mol. The predicted octanol–water partition coefficient (Wildman–Crippen LogP) is 3.91. The molecule has 1 aromatic heterocycles. The van der Waals surface area contributed by atoms with Crippen molar-refractivity contribution in [3.05, 3.63) is 71.5 Å². The Morgan fingerprint density at radius 3 is 2.56 bits per heavy atom. The number of alkyl halides is 3. The summed E-state index contributed by atoms with van der Waals surface area (Å²) in [4.78, 5) is 14.7. The van der Waals surface area contributed by atoms with E-state index >= 15 is 0 Å². The Bertz CT molecular complexity index is 1100. The Morgan fingerprint density at radius 1 is 1.12 bits per heavy atom. The molecule has 1 aliphatic heterocycles. The van der Waals surface area contributed by atoms with Gasteiger partial charge in [-0.05, 0) is 48.0 Å². The average Bonchev–Trinajstić information content (AvgIpc) is 3.45. The van der Waals surface area contributed by atoms with Crippen LogP contribution < -0.4 is 9.47 Å². The van der Waals surface area contributed by atoms with Gasteiger partial charge in [0.15, 0.2) is 17.2 Å². The lowest BCUT2D eigenvalue weighted by Gasteiger charge is -2.23. The number of methoxy groups -OCH3 is 1. The molecule has 0 atom stereocenters. The van der Waals surface area contributed by atoms with Crippen LogP contribution in [-0.2, 0) is 17.5 Å². The summed E-state index contributed by atoms with van der Waals surface area (Å²) in [6, 6.07) is 12.6. The van der Waals surface area contributed by atoms with Gasteiger partial charge in [-0.2, -0.15) is 18.3 Å². The number of amides is 1. The third-order valence-electron chi connectivity index (χ3n) is 4.92. The van der Waals surface area contributed by atoms with E-state index < -0.39 is 11.9 Å². The fourth-order valence-corrected chi connectivity index (χ4v) is 3.27. The summed E-state index contributed by atoms with van der Waals surface area (Å²) in [7, 11) is 1.55. The van der Waals surface area contributed by atoms with Gasteiger partial charge in [-0.3, -0.25) is 4.79 Å². The van der Waals surface area contributed by atoms with Gasteiger partial charge in [-0.25, -0.2) is 4.68 Å². The Hall–Kier alpha value is -3.53. The molecule has 1 amide bonds. The van der Waals surface area contributed by atoms with Crippen LogP contribution in [0.2, 0.25) is 0 Å². The van der Waals surface area contributed by atoms with Crippen molar-refractivity contribution in [1.29, 1.82) is 0 Å². The highest BCUT2D eigenvalue weighted by atomic mass is 19.4. The standard InChI is InChI=1S/C22H20F3N3O4/c1-30-11-10-27(13-15-2-7-18-19(12-15)32-14-31-18)21(29)16-3-5-17(6-4-16)28-9-8-20(26-28)22(23,24)25/h2-9,12H,10-11,13-14H2,1H3. The highest BCUT2D eigenvalue weighted by Gasteiger charge is 2.33. The number of hydrogen-bond donors (Lipinski definition) is 0. The van der Waals surface area contributed by atoms with Crippen molar-refractivity contribution in [1.82, 2.24) is 14.7 Å². The molecule has 0 N–H and O–H groups in total. The molecule has 3 aromatic rings. The molecular weight excluding hydrogens is 427 g/mol. The molecule has 168 valence electrons. The number of aromatic nitrogens is 2. The van der Waals surface area contributed by atoms with E-state index in [2.05, 4.69) is 5.10 Å². The number of halogens is 3. The Balaban J connectivity index is 1.51. The van der Waals surface area contributed by atoms with Crippen LogP contribution in [0.4, 0.5) is 13.2 Å². The minimum atomic E-state index is -4.52. The first-order valence-electron chi connectivity index (χ1n) is 9.75. The minimum absolute atomic E-state index is 0.165. The maximum atomic E-state index is 13.1. The second kappa shape index (κ2) is 8.91. The molecule has 0 bridgehead atoms. The summed E-state index contributed by atoms with van der Waals surface area (Å²) in [5, 5.41) is 3.54. The number of benzene rings is 2. The normalized spacial score (nSPS) is 12.8. The lowest BCUT2D eigenvalue weighted by atomic mass is 10.1. The molecular formula is C22H20F3N3O4. The zero-order valence-electron chi connectivity index (χ0n) is 17.1. The maximum absolute atomic E-state index is 13.1. The molecule has 32 heavy (non-hydrogen) atoms. The van der Waals surface area contributed by atoms with Gasteiger partial charge in [0.1, 0.15) is 0 Å². The van der Waals surface area contributed by atoms with Crippen LogP contribution in [0.25, 0.3) is 5.69 Å². The lowest BCUT2D eigenvalue weighted by Crippen LogP contribution is -2.33. The molecule has 2 heterocycles. The summed E-state index contributed by atoms with van der Waals surface area (Å²) in [6.07, 6.45) is -3.29. The number of ether oxygens (including phenoxy) is 3. The molecule has 7 nitrogen and oxygen atoms in total. The Labute approximate surface area is 181 Å². The van der Waals surface area contributed by atoms with Crippen LogP contribution in [0.3, 0.4) is 0 Å². The van der Waals surface area contributed by atoms with E-state index in [0.29, 0.717) is 42.4 Å². The number of fused-ring (bicyclic) bond motifs is 1. The van der Waals surface area contributed by atoms with E-state index in [4.69, 9.17) is 14.2 Å². The number of nitrogens with zero attached hydrogens (tertiary/aromatic N) is 3. The van der Waals surface area contributed by atoms with Crippen LogP contribution in [0.1, 0.15) is 21.6 Å². The number of carbonyl (C=O) groups excluding carboxylic acids is 1. The molecule has 4 rings (SSSR count). The Morgan fingerprint density at radius 2 is 1.88 bits per heavy atom. The van der Waals surface area contributed by atoms with Crippen molar-refractivity contribution in [3.8, 4) is 17.2 Å². The monoisotopic (exact) mass is 447 g/mol. The highest BCUT2D eigenvalue weighted by molar-refractivity contribution is 5.94. The molecule has 0 unspecified atom stereocenters. The van der Waals surface area contributed by atoms with Crippen LogP contribution in [0.5, 0.6) is 11.5 Å². The highest BCUT2D eigenvalue weighted by Crippen LogP contribution is 2.33. The molecule has 0 saturated carbocycles. The van der Waals surface area contributed by atoms with Crippen LogP contribution in [0, 0.1) is 0 Å². The molecule has 0 radical (unpaired) electrons. The summed E-state index contributed by atoms with van der Waals surface area (Å²) in [5.41, 5.74) is 0.698. The minimum Gasteiger partial charge on any atom is -0.454 e. The first kappa shape index (κ1) is 21.7. The second-order valence-corrected chi connectivity index (χ2v) is 7.10. The predicted molar refractivity (Wildman–Crippen MR) is 108 cm³/mol. The topological polar surface area (TPSA) is 65.8 Å². The zero-order valence-corrected chi connectivity index (χ0v) is 17.1. The van der Waals surface area contributed by atoms with E-state index in [9.17, 15) is 18.0 Å². The maximum Gasteiger partial charge on any atom is 0.435 e.